The van der Waals surface area contributed by atoms with E-state index in [-0.39, 0.29) is 6.10 Å². The van der Waals surface area contributed by atoms with E-state index in [2.05, 4.69) is 5.32 Å². The van der Waals surface area contributed by atoms with Gasteiger partial charge < -0.3 is 10.1 Å². The van der Waals surface area contributed by atoms with Crippen molar-refractivity contribution in [3.05, 3.63) is 0 Å². The van der Waals surface area contributed by atoms with Gasteiger partial charge in [-0.05, 0) is 39.8 Å². The molecule has 1 rings (SSSR count). The minimum absolute atomic E-state index is 0.108. The number of ether oxygens (including phenoxy) is 1. The third-order valence-electron chi connectivity index (χ3n) is 1.73. The largest absolute Gasteiger partial charge is 0.343 e. The molecule has 0 unspecified atom stereocenters. The Bertz CT molecular complexity index is 116. The zero-order valence-electron chi connectivity index (χ0n) is 7.19. The van der Waals surface area contributed by atoms with E-state index in [0.29, 0.717) is 0 Å². The lowest BCUT2D eigenvalue weighted by molar-refractivity contribution is -0.159. The van der Waals surface area contributed by atoms with Crippen molar-refractivity contribution in [2.24, 2.45) is 0 Å². The normalized spacial score (nSPS) is 22.1. The Morgan fingerprint density at radius 1 is 1.36 bits per heavy atom. The molecule has 11 heavy (non-hydrogen) atoms. The summed E-state index contributed by atoms with van der Waals surface area (Å²) in [7, 11) is 0. The molecule has 0 aromatic rings. The highest BCUT2D eigenvalue weighted by atomic mass is 19.2. The second-order valence-corrected chi connectivity index (χ2v) is 3.43. The van der Waals surface area contributed by atoms with Crippen LogP contribution in [-0.4, -0.2) is 25.0 Å². The summed E-state index contributed by atoms with van der Waals surface area (Å²) in [5.41, 5.74) is 0. The molecule has 1 heterocycles. The Balaban J connectivity index is 2.24. The molecule has 2 nitrogen and oxygen atoms in total. The van der Waals surface area contributed by atoms with Gasteiger partial charge in [0.25, 0.3) is 0 Å². The first-order valence-electron chi connectivity index (χ1n) is 4.15. The quantitative estimate of drug-likeness (QED) is 0.662. The van der Waals surface area contributed by atoms with E-state index in [0.717, 1.165) is 25.9 Å². The molecule has 0 bridgehead atoms. The van der Waals surface area contributed by atoms with Crippen LogP contribution in [0.2, 0.25) is 0 Å². The summed E-state index contributed by atoms with van der Waals surface area (Å²) in [5, 5.41) is 3.20. The first-order chi connectivity index (χ1) is 5.08. The smallest absolute Gasteiger partial charge is 0.203 e. The molecule has 0 saturated carbocycles. The number of nitrogens with one attached hydrogen (secondary N) is 1. The van der Waals surface area contributed by atoms with Crippen LogP contribution in [-0.2, 0) is 4.74 Å². The van der Waals surface area contributed by atoms with Gasteiger partial charge in [-0.25, -0.2) is 4.39 Å². The summed E-state index contributed by atoms with van der Waals surface area (Å²) in [6.45, 7) is 4.80. The Labute approximate surface area is 67.1 Å². The minimum Gasteiger partial charge on any atom is -0.343 e. The second kappa shape index (κ2) is 3.50. The maximum atomic E-state index is 12.9. The van der Waals surface area contributed by atoms with Gasteiger partial charge in [0.2, 0.25) is 5.85 Å². The number of alkyl halides is 1. The van der Waals surface area contributed by atoms with E-state index in [1.807, 2.05) is 0 Å². The van der Waals surface area contributed by atoms with Gasteiger partial charge in [0.15, 0.2) is 0 Å². The third-order valence-corrected chi connectivity index (χ3v) is 1.73. The molecule has 0 atom stereocenters. The molecule has 1 N–H and O–H groups in total. The summed E-state index contributed by atoms with van der Waals surface area (Å²) in [6, 6.07) is 0. The van der Waals surface area contributed by atoms with Crippen molar-refractivity contribution < 1.29 is 9.13 Å². The van der Waals surface area contributed by atoms with Gasteiger partial charge in [-0.3, -0.25) is 0 Å². The zero-order valence-corrected chi connectivity index (χ0v) is 7.19. The molecule has 1 aliphatic heterocycles. The van der Waals surface area contributed by atoms with Crippen LogP contribution in [0.25, 0.3) is 0 Å². The maximum absolute atomic E-state index is 12.9. The summed E-state index contributed by atoms with van der Waals surface area (Å²) in [5.74, 6) is -1.47. The molecular formula is C8H16FNO. The lowest BCUT2D eigenvalue weighted by atomic mass is 10.1. The van der Waals surface area contributed by atoms with Crippen LogP contribution in [0.15, 0.2) is 0 Å². The van der Waals surface area contributed by atoms with E-state index >= 15 is 0 Å². The van der Waals surface area contributed by atoms with Gasteiger partial charge in [-0.15, -0.1) is 0 Å². The minimum atomic E-state index is -1.47. The van der Waals surface area contributed by atoms with E-state index in [9.17, 15) is 4.39 Å². The summed E-state index contributed by atoms with van der Waals surface area (Å²) in [6.07, 6.45) is 1.96. The number of rotatable bonds is 2. The van der Waals surface area contributed by atoms with Crippen molar-refractivity contribution in [2.75, 3.05) is 13.1 Å². The average Bonchev–Trinajstić information content (AvgIpc) is 1.85. The topological polar surface area (TPSA) is 21.3 Å². The average molecular weight is 161 g/mol. The van der Waals surface area contributed by atoms with Gasteiger partial charge in [0.05, 0.1) is 6.10 Å². The molecule has 3 heteroatoms. The number of piperidine rings is 1. The predicted octanol–water partition coefficient (Wildman–Crippen LogP) is 1.46. The molecule has 0 aromatic carbocycles. The fraction of sp³-hybridized carbons (Fsp3) is 1.00. The molecule has 0 aromatic heterocycles. The summed E-state index contributed by atoms with van der Waals surface area (Å²) < 4.78 is 18.1. The lowest BCUT2D eigenvalue weighted by Gasteiger charge is -2.27. The molecule has 1 fully saturated rings. The van der Waals surface area contributed by atoms with E-state index in [1.54, 1.807) is 0 Å². The zero-order chi connectivity index (χ0) is 8.32. The van der Waals surface area contributed by atoms with E-state index < -0.39 is 5.85 Å². The highest BCUT2D eigenvalue weighted by molar-refractivity contribution is 4.70. The Morgan fingerprint density at radius 3 is 2.36 bits per heavy atom. The van der Waals surface area contributed by atoms with E-state index in [4.69, 9.17) is 4.74 Å². The molecule has 0 aliphatic carbocycles. The number of halogens is 1. The van der Waals surface area contributed by atoms with Crippen LogP contribution in [0, 0.1) is 0 Å². The predicted molar refractivity (Wildman–Crippen MR) is 42.2 cm³/mol. The molecule has 0 spiro atoms. The van der Waals surface area contributed by atoms with Crippen molar-refractivity contribution in [3.8, 4) is 0 Å². The Kier molecular flexibility index (Phi) is 2.84. The van der Waals surface area contributed by atoms with Gasteiger partial charge in [0.1, 0.15) is 0 Å². The van der Waals surface area contributed by atoms with Gasteiger partial charge in [-0.1, -0.05) is 0 Å². The Hall–Kier alpha value is -0.150. The molecule has 0 radical (unpaired) electrons. The second-order valence-electron chi connectivity index (χ2n) is 3.43. The first kappa shape index (κ1) is 8.94. The Morgan fingerprint density at radius 2 is 1.91 bits per heavy atom. The van der Waals surface area contributed by atoms with Crippen molar-refractivity contribution in [1.29, 1.82) is 0 Å². The lowest BCUT2D eigenvalue weighted by Crippen LogP contribution is -2.36. The van der Waals surface area contributed by atoms with Crippen molar-refractivity contribution >= 4 is 0 Å². The fourth-order valence-corrected chi connectivity index (χ4v) is 1.31. The molecule has 66 valence electrons. The van der Waals surface area contributed by atoms with E-state index in [1.165, 1.54) is 13.8 Å². The van der Waals surface area contributed by atoms with Crippen LogP contribution in [0.4, 0.5) is 4.39 Å². The third kappa shape index (κ3) is 3.68. The van der Waals surface area contributed by atoms with Crippen molar-refractivity contribution in [3.63, 3.8) is 0 Å². The highest BCUT2D eigenvalue weighted by Crippen LogP contribution is 2.18. The molecule has 1 aliphatic rings. The molecule has 1 saturated heterocycles. The summed E-state index contributed by atoms with van der Waals surface area (Å²) >= 11 is 0. The van der Waals surface area contributed by atoms with Crippen LogP contribution in [0.5, 0.6) is 0 Å². The standard InChI is InChI=1S/C8H16FNO/c1-8(2,9)11-7-3-5-10-6-4-7/h7,10H,3-6H2,1-2H3. The van der Waals surface area contributed by atoms with Crippen LogP contribution in [0.1, 0.15) is 26.7 Å². The number of hydrogen-bond donors (Lipinski definition) is 1. The molecular weight excluding hydrogens is 145 g/mol. The highest BCUT2D eigenvalue weighted by Gasteiger charge is 2.23. The van der Waals surface area contributed by atoms with Crippen molar-refractivity contribution in [1.82, 2.24) is 5.32 Å². The van der Waals surface area contributed by atoms with Crippen LogP contribution < -0.4 is 5.32 Å². The fourth-order valence-electron chi connectivity index (χ4n) is 1.31. The van der Waals surface area contributed by atoms with Gasteiger partial charge >= 0.3 is 0 Å². The van der Waals surface area contributed by atoms with Crippen molar-refractivity contribution in [2.45, 2.75) is 38.6 Å². The molecule has 0 amide bonds. The van der Waals surface area contributed by atoms with Crippen LogP contribution in [0.3, 0.4) is 0 Å². The number of hydrogen-bond acceptors (Lipinski definition) is 2. The van der Waals surface area contributed by atoms with Gasteiger partial charge in [-0.2, -0.15) is 0 Å². The summed E-state index contributed by atoms with van der Waals surface area (Å²) in [4.78, 5) is 0. The monoisotopic (exact) mass is 161 g/mol. The SMILES string of the molecule is CC(C)(F)OC1CCNCC1. The van der Waals surface area contributed by atoms with Crippen LogP contribution >= 0.6 is 0 Å². The first-order valence-corrected chi connectivity index (χ1v) is 4.15. The van der Waals surface area contributed by atoms with Gasteiger partial charge in [0, 0.05) is 0 Å². The maximum Gasteiger partial charge on any atom is 0.203 e.